The summed E-state index contributed by atoms with van der Waals surface area (Å²) >= 11 is 1.57. The molecule has 4 heteroatoms. The van der Waals surface area contributed by atoms with Gasteiger partial charge in [-0.2, -0.15) is 5.26 Å². The third-order valence-electron chi connectivity index (χ3n) is 2.77. The average molecular weight is 272 g/mol. The average Bonchev–Trinajstić information content (AvgIpc) is 2.38. The largest absolute Gasteiger partial charge is 0.399 e. The summed E-state index contributed by atoms with van der Waals surface area (Å²) in [5.74, 6) is 0.245. The molecule has 0 bridgehead atoms. The van der Waals surface area contributed by atoms with E-state index in [1.54, 1.807) is 11.8 Å². The molecule has 0 atom stereocenters. The van der Waals surface area contributed by atoms with Gasteiger partial charge in [-0.15, -0.1) is 11.8 Å². The van der Waals surface area contributed by atoms with Crippen LogP contribution in [0.15, 0.2) is 41.3 Å². The number of nitrogens with zero attached hydrogens (tertiary/aromatic N) is 1. The van der Waals surface area contributed by atoms with Crippen LogP contribution < -0.4 is 5.73 Å². The van der Waals surface area contributed by atoms with Gasteiger partial charge in [0, 0.05) is 16.3 Å². The number of aryl methyl sites for hydroxylation is 1. The van der Waals surface area contributed by atoms with E-state index in [1.807, 2.05) is 25.1 Å². The topological polar surface area (TPSA) is 49.8 Å². The van der Waals surface area contributed by atoms with Gasteiger partial charge < -0.3 is 5.73 Å². The highest BCUT2D eigenvalue weighted by molar-refractivity contribution is 7.98. The van der Waals surface area contributed by atoms with Crippen LogP contribution in [0.5, 0.6) is 0 Å². The van der Waals surface area contributed by atoms with Crippen LogP contribution in [0.4, 0.5) is 10.1 Å². The Bertz CT molecular complexity index is 647. The maximum atomic E-state index is 13.2. The van der Waals surface area contributed by atoms with Crippen LogP contribution in [0.3, 0.4) is 0 Å². The molecule has 0 aliphatic rings. The van der Waals surface area contributed by atoms with Gasteiger partial charge in [-0.1, -0.05) is 0 Å². The smallest absolute Gasteiger partial charge is 0.123 e. The number of nitrogen functional groups attached to an aromatic ring is 1. The summed E-state index contributed by atoms with van der Waals surface area (Å²) in [5.41, 5.74) is 8.74. The van der Waals surface area contributed by atoms with E-state index in [-0.39, 0.29) is 5.82 Å². The molecule has 96 valence electrons. The van der Waals surface area contributed by atoms with Crippen LogP contribution in [0.25, 0.3) is 0 Å². The van der Waals surface area contributed by atoms with Gasteiger partial charge in [0.2, 0.25) is 0 Å². The molecule has 2 aromatic rings. The Morgan fingerprint density at radius 2 is 2.05 bits per heavy atom. The Kier molecular flexibility index (Phi) is 4.08. The normalized spacial score (nSPS) is 10.2. The number of nitrogens with two attached hydrogens (primary N) is 1. The predicted molar refractivity (Wildman–Crippen MR) is 76.3 cm³/mol. The molecule has 0 saturated heterocycles. The quantitative estimate of drug-likeness (QED) is 0.681. The molecule has 0 aliphatic carbocycles. The Labute approximate surface area is 116 Å². The Morgan fingerprint density at radius 3 is 2.74 bits per heavy atom. The van der Waals surface area contributed by atoms with Crippen molar-refractivity contribution in [3.05, 3.63) is 58.9 Å². The van der Waals surface area contributed by atoms with Crippen molar-refractivity contribution < 1.29 is 4.39 Å². The third kappa shape index (κ3) is 3.27. The van der Waals surface area contributed by atoms with Gasteiger partial charge in [0.25, 0.3) is 0 Å². The highest BCUT2D eigenvalue weighted by Gasteiger charge is 2.06. The molecule has 0 aromatic heterocycles. The molecular weight excluding hydrogens is 259 g/mol. The molecule has 2 nitrogen and oxygen atoms in total. The standard InChI is InChI=1S/C15H13FN2S/c1-10-6-14(18)4-5-15(10)19-9-12-7-13(16)3-2-11(12)8-17/h2-7H,9,18H2,1H3. The summed E-state index contributed by atoms with van der Waals surface area (Å²) in [6.07, 6.45) is 0. The Hall–Kier alpha value is -1.99. The lowest BCUT2D eigenvalue weighted by Gasteiger charge is -2.08. The van der Waals surface area contributed by atoms with E-state index in [9.17, 15) is 4.39 Å². The maximum absolute atomic E-state index is 13.2. The lowest BCUT2D eigenvalue weighted by Crippen LogP contribution is -1.91. The van der Waals surface area contributed by atoms with Crippen molar-refractivity contribution in [2.45, 2.75) is 17.6 Å². The Morgan fingerprint density at radius 1 is 1.26 bits per heavy atom. The predicted octanol–water partition coefficient (Wildman–Crippen LogP) is 3.88. The third-order valence-corrected chi connectivity index (χ3v) is 3.99. The monoisotopic (exact) mass is 272 g/mol. The molecule has 2 rings (SSSR count). The van der Waals surface area contributed by atoms with Gasteiger partial charge in [-0.25, -0.2) is 4.39 Å². The van der Waals surface area contributed by atoms with Crippen LogP contribution in [0, 0.1) is 24.1 Å². The number of hydrogen-bond donors (Lipinski definition) is 1. The van der Waals surface area contributed by atoms with Crippen molar-refractivity contribution in [1.82, 2.24) is 0 Å². The van der Waals surface area contributed by atoms with Crippen molar-refractivity contribution >= 4 is 17.4 Å². The molecule has 0 saturated carbocycles. The summed E-state index contributed by atoms with van der Waals surface area (Å²) < 4.78 is 13.2. The first-order chi connectivity index (χ1) is 9.10. The molecule has 0 fully saturated rings. The number of rotatable bonds is 3. The second kappa shape index (κ2) is 5.77. The minimum atomic E-state index is -0.316. The van der Waals surface area contributed by atoms with E-state index < -0.39 is 0 Å². The van der Waals surface area contributed by atoms with Gasteiger partial charge >= 0.3 is 0 Å². The summed E-state index contributed by atoms with van der Waals surface area (Å²) in [6.45, 7) is 1.98. The zero-order valence-corrected chi connectivity index (χ0v) is 11.3. The van der Waals surface area contributed by atoms with E-state index in [1.165, 1.54) is 18.2 Å². The zero-order chi connectivity index (χ0) is 13.8. The van der Waals surface area contributed by atoms with Gasteiger partial charge in [0.05, 0.1) is 11.6 Å². The van der Waals surface area contributed by atoms with Crippen LogP contribution in [-0.2, 0) is 5.75 Å². The van der Waals surface area contributed by atoms with Crippen LogP contribution in [0.2, 0.25) is 0 Å². The zero-order valence-electron chi connectivity index (χ0n) is 10.5. The maximum Gasteiger partial charge on any atom is 0.123 e. The minimum absolute atomic E-state index is 0.316. The van der Waals surface area contributed by atoms with Gasteiger partial charge in [-0.3, -0.25) is 0 Å². The highest BCUT2D eigenvalue weighted by Crippen LogP contribution is 2.28. The molecule has 2 aromatic carbocycles. The minimum Gasteiger partial charge on any atom is -0.399 e. The van der Waals surface area contributed by atoms with E-state index in [4.69, 9.17) is 11.0 Å². The number of nitriles is 1. The summed E-state index contributed by atoms with van der Waals surface area (Å²) in [6, 6.07) is 12.0. The number of thioether (sulfide) groups is 1. The molecular formula is C15H13FN2S. The van der Waals surface area contributed by atoms with Gasteiger partial charge in [0.1, 0.15) is 5.82 Å². The highest BCUT2D eigenvalue weighted by atomic mass is 32.2. The first-order valence-electron chi connectivity index (χ1n) is 5.77. The lowest BCUT2D eigenvalue weighted by atomic mass is 10.1. The second-order valence-corrected chi connectivity index (χ2v) is 5.24. The molecule has 0 aliphatic heterocycles. The molecule has 0 unspecified atom stereocenters. The first-order valence-corrected chi connectivity index (χ1v) is 6.76. The fourth-order valence-corrected chi connectivity index (χ4v) is 2.78. The van der Waals surface area contributed by atoms with Gasteiger partial charge in [0.15, 0.2) is 0 Å². The summed E-state index contributed by atoms with van der Waals surface area (Å²) in [4.78, 5) is 1.09. The van der Waals surface area contributed by atoms with Crippen molar-refractivity contribution in [3.63, 3.8) is 0 Å². The number of hydrogen-bond acceptors (Lipinski definition) is 3. The van der Waals surface area contributed by atoms with Crippen molar-refractivity contribution in [2.24, 2.45) is 0 Å². The van der Waals surface area contributed by atoms with Crippen LogP contribution in [-0.4, -0.2) is 0 Å². The van der Waals surface area contributed by atoms with E-state index in [2.05, 4.69) is 6.07 Å². The fraction of sp³-hybridized carbons (Fsp3) is 0.133. The van der Waals surface area contributed by atoms with Crippen LogP contribution in [0.1, 0.15) is 16.7 Å². The summed E-state index contributed by atoms with van der Waals surface area (Å²) in [5, 5.41) is 9.00. The second-order valence-electron chi connectivity index (χ2n) is 4.23. The molecule has 0 spiro atoms. The Balaban J connectivity index is 2.19. The van der Waals surface area contributed by atoms with Crippen molar-refractivity contribution in [3.8, 4) is 6.07 Å². The molecule has 19 heavy (non-hydrogen) atoms. The lowest BCUT2D eigenvalue weighted by molar-refractivity contribution is 0.626. The van der Waals surface area contributed by atoms with E-state index in [0.29, 0.717) is 16.9 Å². The number of benzene rings is 2. The fourth-order valence-electron chi connectivity index (χ4n) is 1.78. The van der Waals surface area contributed by atoms with Crippen LogP contribution >= 0.6 is 11.8 Å². The molecule has 0 heterocycles. The van der Waals surface area contributed by atoms with Crippen molar-refractivity contribution in [2.75, 3.05) is 5.73 Å². The number of anilines is 1. The molecule has 0 radical (unpaired) electrons. The van der Waals surface area contributed by atoms with Gasteiger partial charge in [-0.05, 0) is 54.4 Å². The first kappa shape index (κ1) is 13.4. The molecule has 2 N–H and O–H groups in total. The number of halogens is 1. The summed E-state index contributed by atoms with van der Waals surface area (Å²) in [7, 11) is 0. The molecule has 0 amide bonds. The van der Waals surface area contributed by atoms with Crippen molar-refractivity contribution in [1.29, 1.82) is 5.26 Å². The SMILES string of the molecule is Cc1cc(N)ccc1SCc1cc(F)ccc1C#N. The van der Waals surface area contributed by atoms with E-state index >= 15 is 0 Å². The van der Waals surface area contributed by atoms with E-state index in [0.717, 1.165) is 16.1 Å².